The first-order valence-corrected chi connectivity index (χ1v) is 7.15. The summed E-state index contributed by atoms with van der Waals surface area (Å²) in [5.74, 6) is -0.341. The fourth-order valence-corrected chi connectivity index (χ4v) is 3.23. The van der Waals surface area contributed by atoms with Crippen LogP contribution in [0.15, 0.2) is 42.5 Å². The summed E-state index contributed by atoms with van der Waals surface area (Å²) in [6.07, 6.45) is 1.41. The molecule has 1 aliphatic carbocycles. The Bertz CT molecular complexity index is 653. The van der Waals surface area contributed by atoms with Crippen molar-refractivity contribution in [1.29, 1.82) is 10.5 Å². The van der Waals surface area contributed by atoms with E-state index in [9.17, 15) is 15.3 Å². The van der Waals surface area contributed by atoms with E-state index < -0.39 is 10.8 Å². The highest BCUT2D eigenvalue weighted by atomic mass is 16.5. The summed E-state index contributed by atoms with van der Waals surface area (Å²) in [5, 5.41) is 18.8. The number of methoxy groups -OCH3 is 1. The van der Waals surface area contributed by atoms with Crippen LogP contribution in [0.3, 0.4) is 0 Å². The molecule has 4 heteroatoms. The van der Waals surface area contributed by atoms with E-state index in [2.05, 4.69) is 18.7 Å². The van der Waals surface area contributed by atoms with Gasteiger partial charge in [0.15, 0.2) is 0 Å². The molecule has 2 rings (SSSR count). The van der Waals surface area contributed by atoms with Gasteiger partial charge in [-0.2, -0.15) is 10.5 Å². The lowest BCUT2D eigenvalue weighted by Gasteiger charge is -2.30. The summed E-state index contributed by atoms with van der Waals surface area (Å²) in [5.41, 5.74) is -0.408. The molecule has 4 nitrogen and oxygen atoms in total. The largest absolute Gasteiger partial charge is 0.468 e. The molecule has 0 aromatic heterocycles. The van der Waals surface area contributed by atoms with E-state index in [0.29, 0.717) is 25.7 Å². The maximum absolute atomic E-state index is 12.5. The molecule has 0 heterocycles. The standard InChI is InChI=1S/C18H18N2O2/c1-14-10-17(12-19,13-20)8-9-18(11-14,16(21)22-2)15-6-4-3-5-7-15/h3-7H,1,8-11H2,2H3/t18-/m0/s1. The molecule has 22 heavy (non-hydrogen) atoms. The molecule has 0 spiro atoms. The normalized spacial score (nSPS) is 23.7. The molecule has 0 N–H and O–H groups in total. The van der Waals surface area contributed by atoms with Crippen molar-refractivity contribution in [2.45, 2.75) is 31.1 Å². The van der Waals surface area contributed by atoms with Gasteiger partial charge in [0.2, 0.25) is 0 Å². The Morgan fingerprint density at radius 3 is 2.36 bits per heavy atom. The van der Waals surface area contributed by atoms with Crippen molar-refractivity contribution in [3.05, 3.63) is 48.0 Å². The fourth-order valence-electron chi connectivity index (χ4n) is 3.23. The average molecular weight is 294 g/mol. The number of carbonyl (C=O) groups is 1. The first-order valence-electron chi connectivity index (χ1n) is 7.15. The molecule has 1 fully saturated rings. The summed E-state index contributed by atoms with van der Waals surface area (Å²) >= 11 is 0. The van der Waals surface area contributed by atoms with Gasteiger partial charge in [0.05, 0.1) is 24.7 Å². The minimum Gasteiger partial charge on any atom is -0.468 e. The Morgan fingerprint density at radius 1 is 1.18 bits per heavy atom. The molecule has 0 amide bonds. The second-order valence-corrected chi connectivity index (χ2v) is 5.85. The number of benzene rings is 1. The smallest absolute Gasteiger partial charge is 0.316 e. The molecule has 0 saturated heterocycles. The Kier molecular flexibility index (Phi) is 4.33. The number of nitrogens with zero attached hydrogens (tertiary/aromatic N) is 2. The van der Waals surface area contributed by atoms with Gasteiger partial charge in [0.1, 0.15) is 5.41 Å². The number of hydrogen-bond donors (Lipinski definition) is 0. The highest BCUT2D eigenvalue weighted by molar-refractivity contribution is 5.83. The highest BCUT2D eigenvalue weighted by Crippen LogP contribution is 2.46. The van der Waals surface area contributed by atoms with Crippen LogP contribution in [-0.4, -0.2) is 13.1 Å². The Morgan fingerprint density at radius 2 is 1.82 bits per heavy atom. The first-order chi connectivity index (χ1) is 10.5. The zero-order valence-electron chi connectivity index (χ0n) is 12.6. The van der Waals surface area contributed by atoms with Gasteiger partial charge in [-0.1, -0.05) is 42.5 Å². The lowest BCUT2D eigenvalue weighted by molar-refractivity contribution is -0.148. The number of esters is 1. The summed E-state index contributed by atoms with van der Waals surface area (Å²) in [7, 11) is 1.36. The van der Waals surface area contributed by atoms with Crippen molar-refractivity contribution in [2.24, 2.45) is 5.41 Å². The summed E-state index contributed by atoms with van der Waals surface area (Å²) in [4.78, 5) is 12.5. The van der Waals surface area contributed by atoms with Gasteiger partial charge in [-0.05, 0) is 31.2 Å². The molecule has 0 unspecified atom stereocenters. The summed E-state index contributed by atoms with van der Waals surface area (Å²) in [6.45, 7) is 3.99. The minimum atomic E-state index is -1.11. The molecule has 1 aliphatic rings. The van der Waals surface area contributed by atoms with Crippen molar-refractivity contribution in [1.82, 2.24) is 0 Å². The van der Waals surface area contributed by atoms with Crippen LogP contribution in [0.1, 0.15) is 31.2 Å². The maximum Gasteiger partial charge on any atom is 0.316 e. The van der Waals surface area contributed by atoms with Crippen LogP contribution in [0.4, 0.5) is 0 Å². The van der Waals surface area contributed by atoms with E-state index in [1.54, 1.807) is 0 Å². The van der Waals surface area contributed by atoms with Crippen LogP contribution in [0.5, 0.6) is 0 Å². The highest BCUT2D eigenvalue weighted by Gasteiger charge is 2.47. The van der Waals surface area contributed by atoms with Crippen molar-refractivity contribution in [2.75, 3.05) is 7.11 Å². The van der Waals surface area contributed by atoms with Crippen molar-refractivity contribution >= 4 is 5.97 Å². The molecule has 1 aromatic rings. The molecule has 0 radical (unpaired) electrons. The summed E-state index contributed by atoms with van der Waals surface area (Å²) in [6, 6.07) is 13.6. The van der Waals surface area contributed by atoms with Gasteiger partial charge >= 0.3 is 5.97 Å². The minimum absolute atomic E-state index is 0.297. The number of allylic oxidation sites excluding steroid dienone is 1. The molecule has 1 aromatic carbocycles. The third-order valence-electron chi connectivity index (χ3n) is 4.41. The zero-order valence-corrected chi connectivity index (χ0v) is 12.6. The molecular formula is C18H18N2O2. The van der Waals surface area contributed by atoms with E-state index in [-0.39, 0.29) is 5.97 Å². The Labute approximate surface area is 130 Å². The first kappa shape index (κ1) is 15.8. The lowest BCUT2D eigenvalue weighted by atomic mass is 9.73. The van der Waals surface area contributed by atoms with Gasteiger partial charge < -0.3 is 4.74 Å². The molecule has 1 saturated carbocycles. The second kappa shape index (κ2) is 6.03. The van der Waals surface area contributed by atoms with Crippen molar-refractivity contribution in [3.8, 4) is 12.1 Å². The SMILES string of the molecule is C=C1CC(C#N)(C#N)CC[C@@](C(=O)OC)(c2ccccc2)C1. The zero-order chi connectivity index (χ0) is 16.2. The average Bonchev–Trinajstić information content (AvgIpc) is 2.72. The van der Waals surface area contributed by atoms with Gasteiger partial charge in [0.25, 0.3) is 0 Å². The second-order valence-electron chi connectivity index (χ2n) is 5.85. The van der Waals surface area contributed by atoms with E-state index in [4.69, 9.17) is 4.74 Å². The lowest BCUT2D eigenvalue weighted by Crippen LogP contribution is -2.37. The molecule has 112 valence electrons. The van der Waals surface area contributed by atoms with Crippen LogP contribution in [0.25, 0.3) is 0 Å². The van der Waals surface area contributed by atoms with Crippen molar-refractivity contribution in [3.63, 3.8) is 0 Å². The van der Waals surface area contributed by atoms with Crippen LogP contribution in [0.2, 0.25) is 0 Å². The van der Waals surface area contributed by atoms with Crippen molar-refractivity contribution < 1.29 is 9.53 Å². The van der Waals surface area contributed by atoms with E-state index >= 15 is 0 Å². The van der Waals surface area contributed by atoms with Gasteiger partial charge in [-0.3, -0.25) is 4.79 Å². The fraction of sp³-hybridized carbons (Fsp3) is 0.389. The van der Waals surface area contributed by atoms with E-state index in [0.717, 1.165) is 11.1 Å². The maximum atomic E-state index is 12.5. The number of carbonyl (C=O) groups excluding carboxylic acids is 1. The van der Waals surface area contributed by atoms with E-state index in [1.807, 2.05) is 30.3 Å². The van der Waals surface area contributed by atoms with Gasteiger partial charge in [0, 0.05) is 0 Å². The Balaban J connectivity index is 2.53. The summed E-state index contributed by atoms with van der Waals surface area (Å²) < 4.78 is 5.04. The predicted molar refractivity (Wildman–Crippen MR) is 81.4 cm³/mol. The predicted octanol–water partition coefficient (Wildman–Crippen LogP) is 3.26. The number of ether oxygens (including phenoxy) is 1. The van der Waals surface area contributed by atoms with Crippen LogP contribution in [0, 0.1) is 28.1 Å². The monoisotopic (exact) mass is 294 g/mol. The van der Waals surface area contributed by atoms with Gasteiger partial charge in [-0.25, -0.2) is 0 Å². The third kappa shape index (κ3) is 2.61. The third-order valence-corrected chi connectivity index (χ3v) is 4.41. The van der Waals surface area contributed by atoms with Crippen LogP contribution < -0.4 is 0 Å². The molecule has 0 bridgehead atoms. The Hall–Kier alpha value is -2.59. The topological polar surface area (TPSA) is 73.9 Å². The van der Waals surface area contributed by atoms with Crippen LogP contribution >= 0.6 is 0 Å². The van der Waals surface area contributed by atoms with Crippen LogP contribution in [-0.2, 0) is 14.9 Å². The number of nitriles is 2. The van der Waals surface area contributed by atoms with E-state index in [1.165, 1.54) is 7.11 Å². The number of rotatable bonds is 2. The quantitative estimate of drug-likeness (QED) is 0.476. The molecule has 0 aliphatic heterocycles. The number of hydrogen-bond acceptors (Lipinski definition) is 4. The molecular weight excluding hydrogens is 276 g/mol. The molecule has 1 atom stereocenters. The van der Waals surface area contributed by atoms with Gasteiger partial charge in [-0.15, -0.1) is 0 Å².